The third kappa shape index (κ3) is 8.73. The van der Waals surface area contributed by atoms with Gasteiger partial charge in [0.1, 0.15) is 0 Å². The average Bonchev–Trinajstić information content (AvgIpc) is 2.94. The van der Waals surface area contributed by atoms with Crippen LogP contribution in [0.15, 0.2) is 17.1 Å². The largest absolute Gasteiger partial charge is 0.356 e. The number of unbranched alkanes of at least 4 members (excludes halogenated alkanes) is 1. The highest BCUT2D eigenvalue weighted by molar-refractivity contribution is 14.0. The maximum absolute atomic E-state index is 4.31. The second-order valence-corrected chi connectivity index (χ2v) is 8.65. The van der Waals surface area contributed by atoms with Gasteiger partial charge >= 0.3 is 0 Å². The Morgan fingerprint density at radius 2 is 1.92 bits per heavy atom. The first-order valence-electron chi connectivity index (χ1n) is 9.29. The molecule has 1 saturated heterocycles. The second kappa shape index (κ2) is 12.1. The van der Waals surface area contributed by atoms with Crippen LogP contribution in [0.25, 0.3) is 0 Å². The molecule has 1 aromatic heterocycles. The van der Waals surface area contributed by atoms with Gasteiger partial charge < -0.3 is 15.5 Å². The van der Waals surface area contributed by atoms with Gasteiger partial charge in [-0.25, -0.2) is 0 Å². The Hall–Kier alpha value is -0.340. The van der Waals surface area contributed by atoms with E-state index in [0.717, 1.165) is 30.9 Å². The topological polar surface area (TPSA) is 39.7 Å². The second-order valence-electron chi connectivity index (χ2n) is 7.28. The molecule has 2 rings (SSSR count). The van der Waals surface area contributed by atoms with Crippen molar-refractivity contribution in [2.24, 2.45) is 16.8 Å². The smallest absolute Gasteiger partial charge is 0.191 e. The van der Waals surface area contributed by atoms with Gasteiger partial charge in [-0.05, 0) is 56.7 Å². The molecule has 0 radical (unpaired) electrons. The molecule has 2 heterocycles. The van der Waals surface area contributed by atoms with Crippen molar-refractivity contribution in [2.75, 3.05) is 33.2 Å². The van der Waals surface area contributed by atoms with Crippen LogP contribution in [0.1, 0.15) is 42.9 Å². The van der Waals surface area contributed by atoms with Crippen molar-refractivity contribution >= 4 is 41.3 Å². The molecule has 1 aromatic rings. The van der Waals surface area contributed by atoms with Gasteiger partial charge in [0.25, 0.3) is 0 Å². The third-order valence-electron chi connectivity index (χ3n) is 4.59. The molecule has 25 heavy (non-hydrogen) atoms. The monoisotopic (exact) mass is 478 g/mol. The van der Waals surface area contributed by atoms with Gasteiger partial charge in [0, 0.05) is 36.4 Å². The van der Waals surface area contributed by atoms with Crippen LogP contribution in [-0.2, 0) is 6.54 Å². The van der Waals surface area contributed by atoms with E-state index < -0.39 is 0 Å². The van der Waals surface area contributed by atoms with Crippen molar-refractivity contribution in [3.8, 4) is 0 Å². The molecule has 0 aliphatic carbocycles. The lowest BCUT2D eigenvalue weighted by Crippen LogP contribution is -2.40. The summed E-state index contributed by atoms with van der Waals surface area (Å²) in [6, 6.07) is 4.35. The van der Waals surface area contributed by atoms with E-state index in [-0.39, 0.29) is 24.0 Å². The van der Waals surface area contributed by atoms with Gasteiger partial charge in [-0.3, -0.25) is 4.99 Å². The Balaban J connectivity index is 0.00000312. The van der Waals surface area contributed by atoms with Gasteiger partial charge in [0.15, 0.2) is 5.96 Å². The van der Waals surface area contributed by atoms with Crippen LogP contribution in [0.3, 0.4) is 0 Å². The van der Waals surface area contributed by atoms with Gasteiger partial charge in [-0.15, -0.1) is 35.3 Å². The molecule has 1 aliphatic heterocycles. The molecule has 144 valence electrons. The molecule has 1 fully saturated rings. The fraction of sp³-hybridized carbons (Fsp3) is 0.737. The van der Waals surface area contributed by atoms with Crippen molar-refractivity contribution in [3.05, 3.63) is 21.9 Å². The first-order chi connectivity index (χ1) is 11.6. The minimum absolute atomic E-state index is 0. The SMILES string of the molecule is CN=C(NCCCCN1CC(C)CC(C)C1)NCc1ccc(C)s1.I. The number of thiophene rings is 1. The number of nitrogens with zero attached hydrogens (tertiary/aromatic N) is 2. The quantitative estimate of drug-likeness (QED) is 0.268. The van der Waals surface area contributed by atoms with Crippen molar-refractivity contribution in [2.45, 2.75) is 46.6 Å². The van der Waals surface area contributed by atoms with Crippen LogP contribution >= 0.6 is 35.3 Å². The van der Waals surface area contributed by atoms with Crippen molar-refractivity contribution in [1.29, 1.82) is 0 Å². The normalized spacial score (nSPS) is 21.7. The van der Waals surface area contributed by atoms with E-state index >= 15 is 0 Å². The number of halogens is 1. The van der Waals surface area contributed by atoms with Crippen LogP contribution in [0.4, 0.5) is 0 Å². The van der Waals surface area contributed by atoms with E-state index in [4.69, 9.17) is 0 Å². The van der Waals surface area contributed by atoms with Crippen LogP contribution in [-0.4, -0.2) is 44.1 Å². The molecule has 2 atom stereocenters. The summed E-state index contributed by atoms with van der Waals surface area (Å²) in [6.45, 7) is 12.5. The minimum Gasteiger partial charge on any atom is -0.356 e. The number of aliphatic imine (C=N–C) groups is 1. The number of likely N-dealkylation sites (tertiary alicyclic amines) is 1. The zero-order valence-electron chi connectivity index (χ0n) is 16.2. The third-order valence-corrected chi connectivity index (χ3v) is 5.59. The predicted octanol–water partition coefficient (Wildman–Crippen LogP) is 4.10. The number of aryl methyl sites for hydroxylation is 1. The summed E-state index contributed by atoms with van der Waals surface area (Å²) in [5.74, 6) is 2.62. The number of hydrogen-bond donors (Lipinski definition) is 2. The van der Waals surface area contributed by atoms with Gasteiger partial charge in [-0.2, -0.15) is 0 Å². The fourth-order valence-electron chi connectivity index (χ4n) is 3.61. The van der Waals surface area contributed by atoms with Crippen molar-refractivity contribution in [3.63, 3.8) is 0 Å². The highest BCUT2D eigenvalue weighted by Crippen LogP contribution is 2.20. The number of piperidine rings is 1. The molecule has 0 aromatic carbocycles. The lowest BCUT2D eigenvalue weighted by molar-refractivity contribution is 0.139. The highest BCUT2D eigenvalue weighted by Gasteiger charge is 2.20. The number of nitrogens with one attached hydrogen (secondary N) is 2. The molecule has 2 N–H and O–H groups in total. The van der Waals surface area contributed by atoms with Gasteiger partial charge in [0.2, 0.25) is 0 Å². The first kappa shape index (κ1) is 22.7. The maximum Gasteiger partial charge on any atom is 0.191 e. The van der Waals surface area contributed by atoms with E-state index in [2.05, 4.69) is 53.4 Å². The summed E-state index contributed by atoms with van der Waals surface area (Å²) < 4.78 is 0. The Morgan fingerprint density at radius 3 is 2.52 bits per heavy atom. The standard InChI is InChI=1S/C19H34N4S.HI/c1-15-11-16(2)14-23(13-15)10-6-5-9-21-19(20-4)22-12-18-8-7-17(3)24-18;/h7-8,15-16H,5-6,9-14H2,1-4H3,(H2,20,21,22);1H. The summed E-state index contributed by atoms with van der Waals surface area (Å²) in [6.07, 6.45) is 3.84. The minimum atomic E-state index is 0. The Labute approximate surface area is 174 Å². The lowest BCUT2D eigenvalue weighted by Gasteiger charge is -2.34. The van der Waals surface area contributed by atoms with Crippen LogP contribution < -0.4 is 10.6 Å². The molecule has 0 spiro atoms. The molecular weight excluding hydrogens is 443 g/mol. The van der Waals surface area contributed by atoms with Crippen molar-refractivity contribution in [1.82, 2.24) is 15.5 Å². The predicted molar refractivity (Wildman–Crippen MR) is 121 cm³/mol. The van der Waals surface area contributed by atoms with E-state index in [1.165, 1.54) is 48.7 Å². The van der Waals surface area contributed by atoms with E-state index in [1.807, 2.05) is 18.4 Å². The summed E-state index contributed by atoms with van der Waals surface area (Å²) in [5, 5.41) is 6.82. The molecular formula is C19H35IN4S. The zero-order chi connectivity index (χ0) is 17.4. The number of rotatable bonds is 7. The summed E-state index contributed by atoms with van der Waals surface area (Å²) in [7, 11) is 1.84. The van der Waals surface area contributed by atoms with E-state index in [9.17, 15) is 0 Å². The molecule has 2 unspecified atom stereocenters. The van der Waals surface area contributed by atoms with Crippen LogP contribution in [0.5, 0.6) is 0 Å². The van der Waals surface area contributed by atoms with E-state index in [1.54, 1.807) is 0 Å². The van der Waals surface area contributed by atoms with Gasteiger partial charge in [0.05, 0.1) is 6.54 Å². The average molecular weight is 478 g/mol. The zero-order valence-corrected chi connectivity index (χ0v) is 19.3. The highest BCUT2D eigenvalue weighted by atomic mass is 127. The Bertz CT molecular complexity index is 507. The molecule has 0 bridgehead atoms. The number of guanidine groups is 1. The molecule has 1 aliphatic rings. The first-order valence-corrected chi connectivity index (χ1v) is 10.1. The van der Waals surface area contributed by atoms with Crippen LogP contribution in [0, 0.1) is 18.8 Å². The summed E-state index contributed by atoms with van der Waals surface area (Å²) >= 11 is 1.84. The van der Waals surface area contributed by atoms with E-state index in [0.29, 0.717) is 0 Å². The van der Waals surface area contributed by atoms with Gasteiger partial charge in [-0.1, -0.05) is 13.8 Å². The fourth-order valence-corrected chi connectivity index (χ4v) is 4.44. The maximum atomic E-state index is 4.31. The van der Waals surface area contributed by atoms with Crippen LogP contribution in [0.2, 0.25) is 0 Å². The summed E-state index contributed by atoms with van der Waals surface area (Å²) in [4.78, 5) is 9.66. The Kier molecular flexibility index (Phi) is 11.0. The molecule has 0 saturated carbocycles. The summed E-state index contributed by atoms with van der Waals surface area (Å²) in [5.41, 5.74) is 0. The molecule has 6 heteroatoms. The molecule has 0 amide bonds. The van der Waals surface area contributed by atoms with Crippen molar-refractivity contribution < 1.29 is 0 Å². The lowest BCUT2D eigenvalue weighted by atomic mass is 9.92. The number of hydrogen-bond acceptors (Lipinski definition) is 3. The molecule has 4 nitrogen and oxygen atoms in total. The Morgan fingerprint density at radius 1 is 1.20 bits per heavy atom.